The van der Waals surface area contributed by atoms with Gasteiger partial charge in [0.2, 0.25) is 0 Å². The van der Waals surface area contributed by atoms with Gasteiger partial charge in [-0.25, -0.2) is 0 Å². The lowest BCUT2D eigenvalue weighted by molar-refractivity contribution is -0.129. The number of carbonyl (C=O) groups excluding carboxylic acids is 2. The van der Waals surface area contributed by atoms with Gasteiger partial charge in [0.25, 0.3) is 5.91 Å². The Balaban J connectivity index is 1.56. The number of benzene rings is 2. The van der Waals surface area contributed by atoms with Crippen LogP contribution in [0.4, 0.5) is 0 Å². The lowest BCUT2D eigenvalue weighted by Crippen LogP contribution is -2.39. The van der Waals surface area contributed by atoms with E-state index in [9.17, 15) is 14.7 Å². The lowest BCUT2D eigenvalue weighted by Gasteiger charge is -2.30. The number of aliphatic hydroxyl groups is 1. The number of carbonyl (C=O) groups is 2. The number of amides is 1. The normalized spacial score (nSPS) is 19.6. The van der Waals surface area contributed by atoms with Crippen molar-refractivity contribution in [2.45, 2.75) is 19.4 Å². The molecule has 1 saturated heterocycles. The second kappa shape index (κ2) is 10.6. The Morgan fingerprint density at radius 1 is 1.06 bits per heavy atom. The van der Waals surface area contributed by atoms with Crippen LogP contribution in [0, 0.1) is 6.92 Å². The Labute approximate surface area is 194 Å². The van der Waals surface area contributed by atoms with Gasteiger partial charge in [-0.1, -0.05) is 66.2 Å². The van der Waals surface area contributed by atoms with Gasteiger partial charge in [-0.2, -0.15) is 0 Å². The minimum atomic E-state index is -0.601. The van der Waals surface area contributed by atoms with Crippen molar-refractivity contribution in [2.24, 2.45) is 0 Å². The van der Waals surface area contributed by atoms with Crippen LogP contribution in [0.5, 0.6) is 0 Å². The van der Waals surface area contributed by atoms with E-state index in [4.69, 9.17) is 4.74 Å². The fourth-order valence-corrected chi connectivity index (χ4v) is 4.35. The van der Waals surface area contributed by atoms with Gasteiger partial charge < -0.3 is 14.7 Å². The third-order valence-corrected chi connectivity index (χ3v) is 6.17. The number of ketones is 1. The molecule has 6 nitrogen and oxygen atoms in total. The van der Waals surface area contributed by atoms with Crippen LogP contribution in [0.15, 0.2) is 72.0 Å². The van der Waals surface area contributed by atoms with E-state index < -0.39 is 17.7 Å². The minimum Gasteiger partial charge on any atom is -0.503 e. The molecule has 2 heterocycles. The van der Waals surface area contributed by atoms with E-state index in [1.807, 2.05) is 61.5 Å². The summed E-state index contributed by atoms with van der Waals surface area (Å²) in [4.78, 5) is 30.2. The van der Waals surface area contributed by atoms with Gasteiger partial charge in [-0.15, -0.1) is 0 Å². The van der Waals surface area contributed by atoms with Crippen LogP contribution < -0.4 is 0 Å². The number of morpholine rings is 1. The summed E-state index contributed by atoms with van der Waals surface area (Å²) >= 11 is 0. The predicted molar refractivity (Wildman–Crippen MR) is 128 cm³/mol. The molecule has 0 spiro atoms. The summed E-state index contributed by atoms with van der Waals surface area (Å²) < 4.78 is 5.40. The zero-order valence-corrected chi connectivity index (χ0v) is 18.9. The summed E-state index contributed by atoms with van der Waals surface area (Å²) in [5, 5.41) is 10.7. The first-order valence-corrected chi connectivity index (χ1v) is 11.4. The summed E-state index contributed by atoms with van der Waals surface area (Å²) in [6.45, 7) is 6.50. The van der Waals surface area contributed by atoms with Gasteiger partial charge in [-0.05, 0) is 30.5 Å². The van der Waals surface area contributed by atoms with Crippen molar-refractivity contribution in [3.05, 3.63) is 88.7 Å². The standard InChI is InChI=1S/C27H30N2O4/c1-20-8-11-22(12-9-20)25-24(23(30)13-10-21-6-3-2-4-7-21)26(31)27(32)29(25)15-5-14-28-16-18-33-19-17-28/h2-4,6-13,25,31H,5,14-19H2,1H3/b13-10+. The first kappa shape index (κ1) is 23.0. The number of rotatable bonds is 8. The van der Waals surface area contributed by atoms with Crippen molar-refractivity contribution >= 4 is 17.8 Å². The number of allylic oxidation sites excluding steroid dienone is 1. The quantitative estimate of drug-likeness (QED) is 0.627. The maximum atomic E-state index is 13.2. The van der Waals surface area contributed by atoms with Crippen molar-refractivity contribution in [1.82, 2.24) is 9.80 Å². The molecular formula is C27H30N2O4. The minimum absolute atomic E-state index is 0.141. The molecule has 0 radical (unpaired) electrons. The number of aliphatic hydroxyl groups excluding tert-OH is 1. The predicted octanol–water partition coefficient (Wildman–Crippen LogP) is 3.70. The highest BCUT2D eigenvalue weighted by molar-refractivity contribution is 6.14. The van der Waals surface area contributed by atoms with Crippen LogP contribution in [0.1, 0.15) is 29.2 Å². The van der Waals surface area contributed by atoms with Crippen LogP contribution in [-0.2, 0) is 14.3 Å². The molecule has 1 amide bonds. The van der Waals surface area contributed by atoms with E-state index in [0.29, 0.717) is 6.54 Å². The van der Waals surface area contributed by atoms with Crippen LogP contribution in [0.25, 0.3) is 6.08 Å². The van der Waals surface area contributed by atoms with Crippen molar-refractivity contribution in [1.29, 1.82) is 0 Å². The summed E-state index contributed by atoms with van der Waals surface area (Å²) in [5.74, 6) is -1.29. The molecule has 0 saturated carbocycles. The number of hydrogen-bond donors (Lipinski definition) is 1. The zero-order valence-electron chi connectivity index (χ0n) is 18.9. The molecule has 4 rings (SSSR count). The van der Waals surface area contributed by atoms with Crippen molar-refractivity contribution < 1.29 is 19.4 Å². The molecule has 33 heavy (non-hydrogen) atoms. The molecule has 0 aromatic heterocycles. The highest BCUT2D eigenvalue weighted by atomic mass is 16.5. The summed E-state index contributed by atoms with van der Waals surface area (Å²) in [7, 11) is 0. The summed E-state index contributed by atoms with van der Waals surface area (Å²) in [6, 6.07) is 16.7. The van der Waals surface area contributed by atoms with Gasteiger partial charge in [0.1, 0.15) is 0 Å². The average molecular weight is 447 g/mol. The van der Waals surface area contributed by atoms with Crippen molar-refractivity contribution in [3.8, 4) is 0 Å². The number of nitrogens with zero attached hydrogens (tertiary/aromatic N) is 2. The van der Waals surface area contributed by atoms with Crippen LogP contribution in [-0.4, -0.2) is 66.0 Å². The van der Waals surface area contributed by atoms with E-state index in [2.05, 4.69) is 4.90 Å². The first-order valence-electron chi connectivity index (χ1n) is 11.4. The highest BCUT2D eigenvalue weighted by Gasteiger charge is 2.42. The maximum Gasteiger partial charge on any atom is 0.290 e. The topological polar surface area (TPSA) is 70.1 Å². The van der Waals surface area contributed by atoms with Crippen LogP contribution >= 0.6 is 0 Å². The van der Waals surface area contributed by atoms with Gasteiger partial charge in [-0.3, -0.25) is 14.5 Å². The monoisotopic (exact) mass is 446 g/mol. The Hall–Kier alpha value is -3.22. The maximum absolute atomic E-state index is 13.2. The molecule has 0 aliphatic carbocycles. The van der Waals surface area contributed by atoms with E-state index in [1.165, 1.54) is 6.08 Å². The fraction of sp³-hybridized carbons (Fsp3) is 0.333. The van der Waals surface area contributed by atoms with Gasteiger partial charge >= 0.3 is 0 Å². The van der Waals surface area contributed by atoms with E-state index >= 15 is 0 Å². The Morgan fingerprint density at radius 2 is 1.76 bits per heavy atom. The molecule has 172 valence electrons. The molecule has 1 atom stereocenters. The van der Waals surface area contributed by atoms with Crippen molar-refractivity contribution in [3.63, 3.8) is 0 Å². The highest BCUT2D eigenvalue weighted by Crippen LogP contribution is 2.38. The molecule has 6 heteroatoms. The molecule has 2 aliphatic heterocycles. The third kappa shape index (κ3) is 5.41. The molecular weight excluding hydrogens is 416 g/mol. The summed E-state index contributed by atoms with van der Waals surface area (Å²) in [6.07, 6.45) is 3.90. The molecule has 1 unspecified atom stereocenters. The second-order valence-electron chi connectivity index (χ2n) is 8.49. The van der Waals surface area contributed by atoms with E-state index in [1.54, 1.807) is 11.0 Å². The van der Waals surface area contributed by atoms with E-state index in [-0.39, 0.29) is 11.4 Å². The van der Waals surface area contributed by atoms with Crippen LogP contribution in [0.3, 0.4) is 0 Å². The summed E-state index contributed by atoms with van der Waals surface area (Å²) in [5.41, 5.74) is 2.93. The smallest absolute Gasteiger partial charge is 0.290 e. The zero-order chi connectivity index (χ0) is 23.2. The Bertz CT molecular complexity index is 1040. The SMILES string of the molecule is Cc1ccc(C2C(C(=O)/C=C/c3ccccc3)=C(O)C(=O)N2CCCN2CCOCC2)cc1. The second-order valence-corrected chi connectivity index (χ2v) is 8.49. The third-order valence-electron chi connectivity index (χ3n) is 6.17. The number of aryl methyl sites for hydroxylation is 1. The van der Waals surface area contributed by atoms with Gasteiger partial charge in [0, 0.05) is 26.2 Å². The molecule has 2 aromatic carbocycles. The molecule has 2 aromatic rings. The Morgan fingerprint density at radius 3 is 2.45 bits per heavy atom. The Kier molecular flexibility index (Phi) is 7.37. The molecule has 1 fully saturated rings. The largest absolute Gasteiger partial charge is 0.503 e. The fourth-order valence-electron chi connectivity index (χ4n) is 4.35. The van der Waals surface area contributed by atoms with Crippen molar-refractivity contribution in [2.75, 3.05) is 39.4 Å². The van der Waals surface area contributed by atoms with E-state index in [0.717, 1.165) is 56.0 Å². The molecule has 2 aliphatic rings. The molecule has 1 N–H and O–H groups in total. The molecule has 0 bridgehead atoms. The number of hydrogen-bond acceptors (Lipinski definition) is 5. The van der Waals surface area contributed by atoms with Gasteiger partial charge in [0.15, 0.2) is 11.5 Å². The van der Waals surface area contributed by atoms with Gasteiger partial charge in [0.05, 0.1) is 24.8 Å². The van der Waals surface area contributed by atoms with Crippen LogP contribution in [0.2, 0.25) is 0 Å². The average Bonchev–Trinajstić information content (AvgIpc) is 3.09. The lowest BCUT2D eigenvalue weighted by atomic mass is 9.95. The first-order chi connectivity index (χ1) is 16.0. The number of ether oxygens (including phenoxy) is 1.